The van der Waals surface area contributed by atoms with Crippen molar-refractivity contribution in [3.8, 4) is 0 Å². The number of allylic oxidation sites excluding steroid dienone is 4. The minimum Gasteiger partial charge on any atom is -0.0888 e. The van der Waals surface area contributed by atoms with Crippen molar-refractivity contribution in [1.29, 1.82) is 0 Å². The molecule has 16 heavy (non-hydrogen) atoms. The Labute approximate surface area is 103 Å². The number of hydrogen-bond donors (Lipinski definition) is 0. The lowest BCUT2D eigenvalue weighted by atomic mass is 10.1. The van der Waals surface area contributed by atoms with Crippen molar-refractivity contribution >= 4 is 0 Å². The Balaban J connectivity index is 3.01. The predicted octanol–water partition coefficient (Wildman–Crippen LogP) is 5.85. The summed E-state index contributed by atoms with van der Waals surface area (Å²) >= 11 is 0. The molecule has 0 saturated heterocycles. The monoisotopic (exact) mass is 221 g/mol. The summed E-state index contributed by atoms with van der Waals surface area (Å²) in [6.45, 7) is 6.01. The summed E-state index contributed by atoms with van der Waals surface area (Å²) < 4.78 is 0. The standard InChI is InChI=1S/C16H29/c1-3-5-7-9-11-13-15-16-14-12-10-8-6-4-2/h6-9H,1,3-5,10-16H2,2H3. The molecule has 0 aliphatic heterocycles. The second-order valence-corrected chi connectivity index (χ2v) is 4.34. The first-order valence-electron chi connectivity index (χ1n) is 7.01. The molecule has 0 heteroatoms. The number of unbranched alkanes of at least 4 members (excludes halogenated alkanes) is 7. The van der Waals surface area contributed by atoms with Gasteiger partial charge in [-0.2, -0.15) is 0 Å². The molecule has 0 spiro atoms. The highest BCUT2D eigenvalue weighted by molar-refractivity contribution is 4.81. The van der Waals surface area contributed by atoms with Crippen molar-refractivity contribution in [2.75, 3.05) is 0 Å². The van der Waals surface area contributed by atoms with Gasteiger partial charge in [0.25, 0.3) is 0 Å². The van der Waals surface area contributed by atoms with Crippen LogP contribution in [0.15, 0.2) is 24.3 Å². The lowest BCUT2D eigenvalue weighted by Gasteiger charge is -1.98. The Hall–Kier alpha value is -0.520. The number of rotatable bonds is 11. The molecule has 0 nitrogen and oxygen atoms in total. The smallest absolute Gasteiger partial charge is 0.0351 e. The van der Waals surface area contributed by atoms with Crippen LogP contribution in [0.4, 0.5) is 0 Å². The first-order valence-corrected chi connectivity index (χ1v) is 7.01. The largest absolute Gasteiger partial charge is 0.0888 e. The fraction of sp³-hybridized carbons (Fsp3) is 0.688. The maximum Gasteiger partial charge on any atom is -0.0351 e. The van der Waals surface area contributed by atoms with Crippen LogP contribution < -0.4 is 0 Å². The fourth-order valence-electron chi connectivity index (χ4n) is 1.69. The first kappa shape index (κ1) is 15.5. The summed E-state index contributed by atoms with van der Waals surface area (Å²) in [6, 6.07) is 0. The maximum absolute atomic E-state index is 3.82. The molecular formula is C16H29. The molecule has 0 bridgehead atoms. The highest BCUT2D eigenvalue weighted by Crippen LogP contribution is 2.08. The van der Waals surface area contributed by atoms with E-state index in [4.69, 9.17) is 0 Å². The van der Waals surface area contributed by atoms with Crippen molar-refractivity contribution in [2.45, 2.75) is 71.1 Å². The van der Waals surface area contributed by atoms with E-state index < -0.39 is 0 Å². The lowest BCUT2D eigenvalue weighted by Crippen LogP contribution is -1.78. The summed E-state index contributed by atoms with van der Waals surface area (Å²) in [6.07, 6.45) is 22.0. The van der Waals surface area contributed by atoms with Crippen LogP contribution in [0.2, 0.25) is 0 Å². The Morgan fingerprint density at radius 1 is 0.688 bits per heavy atom. The minimum atomic E-state index is 1.03. The molecule has 0 aliphatic carbocycles. The highest BCUT2D eigenvalue weighted by Gasteiger charge is 1.88. The van der Waals surface area contributed by atoms with Crippen molar-refractivity contribution < 1.29 is 0 Å². The van der Waals surface area contributed by atoms with Crippen molar-refractivity contribution in [3.05, 3.63) is 31.2 Å². The van der Waals surface area contributed by atoms with Crippen LogP contribution in [0.25, 0.3) is 0 Å². The van der Waals surface area contributed by atoms with E-state index in [1.807, 2.05) is 0 Å². The molecule has 0 aliphatic rings. The van der Waals surface area contributed by atoms with Gasteiger partial charge in [-0.3, -0.25) is 0 Å². The summed E-state index contributed by atoms with van der Waals surface area (Å²) in [5.74, 6) is 0. The zero-order valence-corrected chi connectivity index (χ0v) is 11.1. The van der Waals surface area contributed by atoms with Gasteiger partial charge in [0.05, 0.1) is 0 Å². The number of hydrogen-bond acceptors (Lipinski definition) is 0. The molecule has 0 heterocycles. The molecular weight excluding hydrogens is 192 g/mol. The molecule has 0 aromatic rings. The zero-order valence-electron chi connectivity index (χ0n) is 11.1. The van der Waals surface area contributed by atoms with E-state index in [9.17, 15) is 0 Å². The van der Waals surface area contributed by atoms with Gasteiger partial charge in [0.2, 0.25) is 0 Å². The summed E-state index contributed by atoms with van der Waals surface area (Å²) in [5.41, 5.74) is 0. The van der Waals surface area contributed by atoms with Crippen LogP contribution in [-0.2, 0) is 0 Å². The van der Waals surface area contributed by atoms with E-state index in [-0.39, 0.29) is 0 Å². The molecule has 0 saturated carbocycles. The zero-order chi connectivity index (χ0) is 11.9. The van der Waals surface area contributed by atoms with E-state index in [2.05, 4.69) is 38.2 Å². The van der Waals surface area contributed by atoms with Crippen LogP contribution in [0.1, 0.15) is 71.1 Å². The van der Waals surface area contributed by atoms with Crippen molar-refractivity contribution in [1.82, 2.24) is 0 Å². The van der Waals surface area contributed by atoms with Gasteiger partial charge in [-0.05, 0) is 44.9 Å². The van der Waals surface area contributed by atoms with Gasteiger partial charge in [-0.25, -0.2) is 0 Å². The Morgan fingerprint density at radius 2 is 1.19 bits per heavy atom. The van der Waals surface area contributed by atoms with Crippen molar-refractivity contribution in [2.24, 2.45) is 0 Å². The minimum absolute atomic E-state index is 1.03. The fourth-order valence-corrected chi connectivity index (χ4v) is 1.69. The third kappa shape index (κ3) is 13.5. The predicted molar refractivity (Wildman–Crippen MR) is 75.5 cm³/mol. The van der Waals surface area contributed by atoms with Gasteiger partial charge >= 0.3 is 0 Å². The molecule has 0 N–H and O–H groups in total. The topological polar surface area (TPSA) is 0 Å². The third-order valence-corrected chi connectivity index (χ3v) is 2.68. The van der Waals surface area contributed by atoms with Gasteiger partial charge in [0.1, 0.15) is 0 Å². The summed E-state index contributed by atoms with van der Waals surface area (Å²) in [7, 11) is 0. The Kier molecular flexibility index (Phi) is 14.0. The van der Waals surface area contributed by atoms with E-state index in [0.717, 1.165) is 12.8 Å². The SMILES string of the molecule is [CH2]CCC=CCCCCCCCC=CCC. The second kappa shape index (κ2) is 14.5. The molecule has 0 aromatic carbocycles. The molecule has 0 fully saturated rings. The maximum atomic E-state index is 3.82. The van der Waals surface area contributed by atoms with E-state index >= 15 is 0 Å². The molecule has 0 rings (SSSR count). The van der Waals surface area contributed by atoms with E-state index in [0.29, 0.717) is 0 Å². The Bertz CT molecular complexity index is 165. The summed E-state index contributed by atoms with van der Waals surface area (Å²) in [5, 5.41) is 0. The van der Waals surface area contributed by atoms with Gasteiger partial charge in [0, 0.05) is 0 Å². The molecule has 0 atom stereocenters. The van der Waals surface area contributed by atoms with E-state index in [1.54, 1.807) is 0 Å². The van der Waals surface area contributed by atoms with E-state index in [1.165, 1.54) is 51.4 Å². The molecule has 1 radical (unpaired) electrons. The molecule has 0 amide bonds. The third-order valence-electron chi connectivity index (χ3n) is 2.68. The van der Waals surface area contributed by atoms with Crippen LogP contribution >= 0.6 is 0 Å². The molecule has 0 aromatic heterocycles. The normalized spacial score (nSPS) is 11.9. The van der Waals surface area contributed by atoms with Crippen molar-refractivity contribution in [3.63, 3.8) is 0 Å². The summed E-state index contributed by atoms with van der Waals surface area (Å²) in [4.78, 5) is 0. The second-order valence-electron chi connectivity index (χ2n) is 4.34. The molecule has 93 valence electrons. The van der Waals surface area contributed by atoms with Gasteiger partial charge in [-0.1, -0.05) is 57.4 Å². The highest BCUT2D eigenvalue weighted by atomic mass is 13.9. The van der Waals surface area contributed by atoms with Crippen LogP contribution in [0.3, 0.4) is 0 Å². The quantitative estimate of drug-likeness (QED) is 0.303. The first-order chi connectivity index (χ1) is 7.91. The average Bonchev–Trinajstić information content (AvgIpc) is 2.31. The van der Waals surface area contributed by atoms with Gasteiger partial charge < -0.3 is 0 Å². The lowest BCUT2D eigenvalue weighted by molar-refractivity contribution is 0.621. The van der Waals surface area contributed by atoms with Gasteiger partial charge in [-0.15, -0.1) is 0 Å². The molecule has 0 unspecified atom stereocenters. The van der Waals surface area contributed by atoms with Crippen LogP contribution in [-0.4, -0.2) is 0 Å². The van der Waals surface area contributed by atoms with Crippen LogP contribution in [0.5, 0.6) is 0 Å². The van der Waals surface area contributed by atoms with Crippen LogP contribution in [0, 0.1) is 6.92 Å². The average molecular weight is 221 g/mol. The van der Waals surface area contributed by atoms with Gasteiger partial charge in [0.15, 0.2) is 0 Å². The Morgan fingerprint density at radius 3 is 1.75 bits per heavy atom.